The van der Waals surface area contributed by atoms with Gasteiger partial charge >= 0.3 is 0 Å². The minimum atomic E-state index is -0.264. The lowest BCUT2D eigenvalue weighted by Gasteiger charge is -2.26. The molecule has 0 aromatic carbocycles. The normalized spacial score (nSPS) is 24.5. The highest BCUT2D eigenvalue weighted by Gasteiger charge is 2.62. The Morgan fingerprint density at radius 3 is 2.87 bits per heavy atom. The van der Waals surface area contributed by atoms with Gasteiger partial charge in [0.15, 0.2) is 5.75 Å². The van der Waals surface area contributed by atoms with E-state index in [4.69, 9.17) is 16.3 Å². The van der Waals surface area contributed by atoms with Crippen molar-refractivity contribution < 1.29 is 9.53 Å². The van der Waals surface area contributed by atoms with E-state index in [2.05, 4.69) is 48.4 Å². The molecule has 1 unspecified atom stereocenters. The van der Waals surface area contributed by atoms with E-state index < -0.39 is 0 Å². The van der Waals surface area contributed by atoms with Gasteiger partial charge in [0.2, 0.25) is 5.91 Å². The monoisotopic (exact) mass is 488 g/mol. The summed E-state index contributed by atoms with van der Waals surface area (Å²) in [5.41, 5.74) is 1.15. The van der Waals surface area contributed by atoms with Crippen molar-refractivity contribution in [2.45, 2.75) is 26.7 Å². The third-order valence-electron chi connectivity index (χ3n) is 5.77. The molecular formula is C22H22BrClN4O2. The number of nitrogens with zero attached hydrogens (tertiary/aromatic N) is 3. The molecule has 2 aromatic rings. The van der Waals surface area contributed by atoms with E-state index in [9.17, 15) is 4.79 Å². The van der Waals surface area contributed by atoms with E-state index in [1.54, 1.807) is 18.5 Å². The van der Waals surface area contributed by atoms with E-state index in [1.807, 2.05) is 26.0 Å². The van der Waals surface area contributed by atoms with Crippen LogP contribution in [0.1, 0.15) is 24.4 Å². The molecule has 2 aromatic heterocycles. The molecule has 2 aliphatic carbocycles. The Hall–Kier alpha value is -2.25. The number of carbonyl (C=O) groups is 1. The van der Waals surface area contributed by atoms with Crippen molar-refractivity contribution in [3.8, 4) is 5.75 Å². The molecule has 1 fully saturated rings. The zero-order valence-electron chi connectivity index (χ0n) is 16.7. The van der Waals surface area contributed by atoms with Crippen LogP contribution in [0.15, 0.2) is 47.2 Å². The molecule has 3 atom stereocenters. The van der Waals surface area contributed by atoms with Crippen LogP contribution in [0.3, 0.4) is 0 Å². The van der Waals surface area contributed by atoms with Gasteiger partial charge in [0.1, 0.15) is 11.0 Å². The molecule has 30 heavy (non-hydrogen) atoms. The summed E-state index contributed by atoms with van der Waals surface area (Å²) in [5, 5.41) is 3.33. The quantitative estimate of drug-likeness (QED) is 0.574. The van der Waals surface area contributed by atoms with Crippen LogP contribution >= 0.6 is 27.5 Å². The van der Waals surface area contributed by atoms with Crippen LogP contribution in [0, 0.1) is 31.1 Å². The number of aryl methyl sites for hydroxylation is 2. The van der Waals surface area contributed by atoms with Crippen molar-refractivity contribution >= 4 is 39.1 Å². The number of aromatic nitrogens is 3. The Bertz CT molecular complexity index is 1040. The second-order valence-corrected chi connectivity index (χ2v) is 9.00. The smallest absolute Gasteiger partial charge is 0.228 e. The summed E-state index contributed by atoms with van der Waals surface area (Å²) < 4.78 is 6.78. The van der Waals surface area contributed by atoms with E-state index in [0.29, 0.717) is 33.5 Å². The molecule has 0 saturated heterocycles. The van der Waals surface area contributed by atoms with E-state index in [-0.39, 0.29) is 23.2 Å². The Kier molecular flexibility index (Phi) is 5.93. The lowest BCUT2D eigenvalue weighted by molar-refractivity contribution is -0.118. The first-order valence-electron chi connectivity index (χ1n) is 9.77. The van der Waals surface area contributed by atoms with Gasteiger partial charge in [-0.3, -0.25) is 4.79 Å². The van der Waals surface area contributed by atoms with Gasteiger partial charge in [-0.15, -0.1) is 0 Å². The van der Waals surface area contributed by atoms with E-state index in [1.165, 1.54) is 0 Å². The number of pyridine rings is 1. The van der Waals surface area contributed by atoms with Crippen LogP contribution in [0.2, 0.25) is 5.15 Å². The van der Waals surface area contributed by atoms with Crippen molar-refractivity contribution in [3.05, 3.63) is 63.9 Å². The molecule has 156 valence electrons. The molecule has 0 radical (unpaired) electrons. The molecule has 1 amide bonds. The first-order valence-corrected chi connectivity index (χ1v) is 10.9. The van der Waals surface area contributed by atoms with Gasteiger partial charge in [0.05, 0.1) is 34.9 Å². The standard InChI is InChI=1S/C22H22BrClN4O2/c1-13-19(11-25-14(2)27-13)30-12-22(15-6-4-3-5-7-15)9-17(22)21(29)28-16-8-18(23)20(24)26-10-16/h3-6,8,10-11,15,17H,7,9,12H2,1-2H3,(H,28,29)/t15?,17-,22+/m0/s1. The van der Waals surface area contributed by atoms with Crippen LogP contribution in [-0.4, -0.2) is 27.5 Å². The maximum Gasteiger partial charge on any atom is 0.228 e. The number of halogens is 2. The fourth-order valence-electron chi connectivity index (χ4n) is 4.00. The molecule has 0 bridgehead atoms. The molecule has 2 heterocycles. The number of nitrogens with one attached hydrogen (secondary N) is 1. The summed E-state index contributed by atoms with van der Waals surface area (Å²) in [5.74, 6) is 1.42. The van der Waals surface area contributed by atoms with Gasteiger partial charge in [0.25, 0.3) is 0 Å². The number of ether oxygens (including phenoxy) is 1. The summed E-state index contributed by atoms with van der Waals surface area (Å²) in [7, 11) is 0. The lowest BCUT2D eigenvalue weighted by Crippen LogP contribution is -2.29. The minimum Gasteiger partial charge on any atom is -0.489 e. The summed E-state index contributed by atoms with van der Waals surface area (Å²) in [6.07, 6.45) is 13.3. The number of hydrogen-bond acceptors (Lipinski definition) is 5. The first kappa shape index (κ1) is 21.0. The molecule has 2 aliphatic rings. The Balaban J connectivity index is 1.51. The largest absolute Gasteiger partial charge is 0.489 e. The number of allylic oxidation sites excluding steroid dienone is 4. The zero-order valence-corrected chi connectivity index (χ0v) is 19.1. The predicted octanol–water partition coefficient (Wildman–Crippen LogP) is 5.06. The van der Waals surface area contributed by atoms with Crippen LogP contribution in [0.5, 0.6) is 5.75 Å². The van der Waals surface area contributed by atoms with Gasteiger partial charge in [-0.2, -0.15) is 0 Å². The molecule has 4 rings (SSSR count). The Morgan fingerprint density at radius 1 is 1.33 bits per heavy atom. The first-order chi connectivity index (χ1) is 14.4. The van der Waals surface area contributed by atoms with Crippen molar-refractivity contribution in [3.63, 3.8) is 0 Å². The summed E-state index contributed by atoms with van der Waals surface area (Å²) >= 11 is 9.29. The predicted molar refractivity (Wildman–Crippen MR) is 120 cm³/mol. The van der Waals surface area contributed by atoms with E-state index >= 15 is 0 Å². The highest BCUT2D eigenvalue weighted by molar-refractivity contribution is 9.10. The summed E-state index contributed by atoms with van der Waals surface area (Å²) in [4.78, 5) is 25.7. The third-order valence-corrected chi connectivity index (χ3v) is 6.90. The van der Waals surface area contributed by atoms with Crippen molar-refractivity contribution in [1.82, 2.24) is 15.0 Å². The van der Waals surface area contributed by atoms with Crippen molar-refractivity contribution in [2.24, 2.45) is 17.3 Å². The molecular weight excluding hydrogens is 468 g/mol. The molecule has 1 saturated carbocycles. The molecule has 0 spiro atoms. The average molecular weight is 490 g/mol. The third kappa shape index (κ3) is 4.27. The molecule has 0 aliphatic heterocycles. The van der Waals surface area contributed by atoms with Gasteiger partial charge in [-0.25, -0.2) is 15.0 Å². The van der Waals surface area contributed by atoms with Gasteiger partial charge < -0.3 is 10.1 Å². The van der Waals surface area contributed by atoms with Crippen molar-refractivity contribution in [2.75, 3.05) is 11.9 Å². The second-order valence-electron chi connectivity index (χ2n) is 7.79. The van der Waals surface area contributed by atoms with Gasteiger partial charge in [-0.05, 0) is 54.6 Å². The molecule has 1 N–H and O–H groups in total. The molecule has 8 heteroatoms. The average Bonchev–Trinajstić information content (AvgIpc) is 3.47. The number of hydrogen-bond donors (Lipinski definition) is 1. The highest BCUT2D eigenvalue weighted by atomic mass is 79.9. The SMILES string of the molecule is Cc1ncc(OC[C@@]2(C3C=CC=CC3)C[C@H]2C(=O)Nc2cnc(Cl)c(Br)c2)c(C)n1. The second kappa shape index (κ2) is 8.47. The van der Waals surface area contributed by atoms with Gasteiger partial charge in [0, 0.05) is 11.3 Å². The number of carbonyl (C=O) groups excluding carboxylic acids is 1. The Labute approximate surface area is 188 Å². The van der Waals surface area contributed by atoms with E-state index in [0.717, 1.165) is 18.5 Å². The van der Waals surface area contributed by atoms with Crippen LogP contribution in [0.4, 0.5) is 5.69 Å². The maximum atomic E-state index is 13.0. The number of anilines is 1. The lowest BCUT2D eigenvalue weighted by atomic mass is 9.82. The maximum absolute atomic E-state index is 13.0. The minimum absolute atomic E-state index is 0.0329. The highest BCUT2D eigenvalue weighted by Crippen LogP contribution is 2.60. The van der Waals surface area contributed by atoms with Crippen LogP contribution in [0.25, 0.3) is 0 Å². The molecule has 6 nitrogen and oxygen atoms in total. The Morgan fingerprint density at radius 2 is 2.17 bits per heavy atom. The van der Waals surface area contributed by atoms with Crippen molar-refractivity contribution in [1.29, 1.82) is 0 Å². The zero-order chi connectivity index (χ0) is 21.3. The number of amides is 1. The number of rotatable bonds is 6. The summed E-state index contributed by atoms with van der Waals surface area (Å²) in [6.45, 7) is 4.19. The summed E-state index contributed by atoms with van der Waals surface area (Å²) in [6, 6.07) is 1.75. The topological polar surface area (TPSA) is 77.0 Å². The fourth-order valence-corrected chi connectivity index (χ4v) is 4.46. The van der Waals surface area contributed by atoms with Crippen LogP contribution < -0.4 is 10.1 Å². The van der Waals surface area contributed by atoms with Gasteiger partial charge in [-0.1, -0.05) is 35.9 Å². The fraction of sp³-hybridized carbons (Fsp3) is 0.364. The van der Waals surface area contributed by atoms with Crippen LogP contribution in [-0.2, 0) is 4.79 Å².